The van der Waals surface area contributed by atoms with Gasteiger partial charge in [0.25, 0.3) is 0 Å². The van der Waals surface area contributed by atoms with Crippen LogP contribution in [0.5, 0.6) is 17.2 Å². The molecule has 3 rings (SSSR count). The lowest BCUT2D eigenvalue weighted by Crippen LogP contribution is -2.09. The van der Waals surface area contributed by atoms with E-state index in [4.69, 9.17) is 9.15 Å². The van der Waals surface area contributed by atoms with Crippen molar-refractivity contribution in [1.29, 1.82) is 0 Å². The molecule has 31 heavy (non-hydrogen) atoms. The number of phenolic OH excluding ortho intramolecular Hbond substituents is 2. The molecule has 2 aromatic carbocycles. The molecule has 0 saturated heterocycles. The summed E-state index contributed by atoms with van der Waals surface area (Å²) < 4.78 is 11.6. The highest BCUT2D eigenvalue weighted by molar-refractivity contribution is 5.93. The maximum atomic E-state index is 13.5. The summed E-state index contributed by atoms with van der Waals surface area (Å²) in [6.45, 7) is 7.95. The SMILES string of the molecule is COc1c(CC=C(C)C)c(O)c2c(=O)c(-c3ccc(O)cc3)coc2c1CC=C(C)C. The second kappa shape index (κ2) is 9.13. The smallest absolute Gasteiger partial charge is 0.204 e. The first-order valence-corrected chi connectivity index (χ1v) is 10.2. The van der Waals surface area contributed by atoms with E-state index in [2.05, 4.69) is 0 Å². The summed E-state index contributed by atoms with van der Waals surface area (Å²) in [5.74, 6) is 0.509. The van der Waals surface area contributed by atoms with Gasteiger partial charge in [0.15, 0.2) is 0 Å². The van der Waals surface area contributed by atoms with Crippen molar-refractivity contribution < 1.29 is 19.4 Å². The summed E-state index contributed by atoms with van der Waals surface area (Å²) >= 11 is 0. The molecule has 1 heterocycles. The molecule has 2 N–H and O–H groups in total. The molecular formula is C26H28O5. The number of aromatic hydroxyl groups is 2. The first-order valence-electron chi connectivity index (χ1n) is 10.2. The predicted molar refractivity (Wildman–Crippen MR) is 124 cm³/mol. The van der Waals surface area contributed by atoms with Crippen LogP contribution < -0.4 is 10.2 Å². The molecule has 0 spiro atoms. The predicted octanol–water partition coefficient (Wildman–Crippen LogP) is 5.90. The van der Waals surface area contributed by atoms with E-state index >= 15 is 0 Å². The third-order valence-corrected chi connectivity index (χ3v) is 5.15. The van der Waals surface area contributed by atoms with Crippen LogP contribution >= 0.6 is 0 Å². The van der Waals surface area contributed by atoms with Crippen LogP contribution in [-0.2, 0) is 12.8 Å². The van der Waals surface area contributed by atoms with Gasteiger partial charge in [0.05, 0.1) is 12.7 Å². The lowest BCUT2D eigenvalue weighted by molar-refractivity contribution is 0.397. The molecule has 1 aromatic heterocycles. The zero-order chi connectivity index (χ0) is 22.7. The average Bonchev–Trinajstić information content (AvgIpc) is 2.72. The molecule has 0 saturated carbocycles. The van der Waals surface area contributed by atoms with Crippen LogP contribution in [0.2, 0.25) is 0 Å². The van der Waals surface area contributed by atoms with Gasteiger partial charge in [-0.1, -0.05) is 35.4 Å². The zero-order valence-corrected chi connectivity index (χ0v) is 18.6. The fourth-order valence-corrected chi connectivity index (χ4v) is 3.52. The summed E-state index contributed by atoms with van der Waals surface area (Å²) in [6, 6.07) is 6.30. The van der Waals surface area contributed by atoms with E-state index in [1.807, 2.05) is 39.8 Å². The third kappa shape index (κ3) is 4.50. The summed E-state index contributed by atoms with van der Waals surface area (Å²) in [4.78, 5) is 13.5. The molecule has 0 fully saturated rings. The minimum absolute atomic E-state index is 0.106. The monoisotopic (exact) mass is 420 g/mol. The number of ether oxygens (including phenoxy) is 1. The maximum absolute atomic E-state index is 13.5. The highest BCUT2D eigenvalue weighted by Crippen LogP contribution is 2.41. The quantitative estimate of drug-likeness (QED) is 0.486. The number of fused-ring (bicyclic) bond motifs is 1. The molecule has 0 bridgehead atoms. The van der Waals surface area contributed by atoms with Crippen molar-refractivity contribution >= 4 is 11.0 Å². The fraction of sp³-hybridized carbons (Fsp3) is 0.269. The van der Waals surface area contributed by atoms with Gasteiger partial charge in [0.2, 0.25) is 5.43 Å². The molecule has 162 valence electrons. The van der Waals surface area contributed by atoms with E-state index in [0.717, 1.165) is 16.7 Å². The van der Waals surface area contributed by atoms with Gasteiger partial charge in [-0.2, -0.15) is 0 Å². The number of methoxy groups -OCH3 is 1. The van der Waals surface area contributed by atoms with Crippen LogP contribution in [0, 0.1) is 0 Å². The van der Waals surface area contributed by atoms with Crippen molar-refractivity contribution in [2.24, 2.45) is 0 Å². The maximum Gasteiger partial charge on any atom is 0.204 e. The second-order valence-corrected chi connectivity index (χ2v) is 8.04. The summed E-state index contributed by atoms with van der Waals surface area (Å²) in [7, 11) is 1.56. The number of rotatable bonds is 6. The standard InChI is InChI=1S/C26H28O5/c1-15(2)6-12-19-23(28)22-24(29)21(17-8-10-18(27)11-9-17)14-31-26(22)20(25(19)30-5)13-7-16(3)4/h6-11,14,27-28H,12-13H2,1-5H3. The van der Waals surface area contributed by atoms with E-state index in [9.17, 15) is 15.0 Å². The van der Waals surface area contributed by atoms with Crippen molar-refractivity contribution in [3.8, 4) is 28.4 Å². The van der Waals surface area contributed by atoms with Gasteiger partial charge >= 0.3 is 0 Å². The van der Waals surface area contributed by atoms with E-state index in [-0.39, 0.29) is 22.3 Å². The molecular weight excluding hydrogens is 392 g/mol. The van der Waals surface area contributed by atoms with Crippen LogP contribution in [0.4, 0.5) is 0 Å². The van der Waals surface area contributed by atoms with Gasteiger partial charge in [-0.05, 0) is 58.2 Å². The van der Waals surface area contributed by atoms with Gasteiger partial charge < -0.3 is 19.4 Å². The van der Waals surface area contributed by atoms with E-state index < -0.39 is 0 Å². The molecule has 0 aliphatic heterocycles. The molecule has 3 aromatic rings. The lowest BCUT2D eigenvalue weighted by atomic mass is 9.95. The first-order chi connectivity index (χ1) is 14.7. The van der Waals surface area contributed by atoms with Crippen LogP contribution in [0.15, 0.2) is 63.0 Å². The lowest BCUT2D eigenvalue weighted by Gasteiger charge is -2.17. The summed E-state index contributed by atoms with van der Waals surface area (Å²) in [5, 5.41) is 20.8. The second-order valence-electron chi connectivity index (χ2n) is 8.04. The molecule has 0 aliphatic rings. The van der Waals surface area contributed by atoms with Crippen molar-refractivity contribution in [1.82, 2.24) is 0 Å². The third-order valence-electron chi connectivity index (χ3n) is 5.15. The van der Waals surface area contributed by atoms with Crippen LogP contribution in [0.3, 0.4) is 0 Å². The normalized spacial score (nSPS) is 10.7. The number of hydrogen-bond acceptors (Lipinski definition) is 5. The summed E-state index contributed by atoms with van der Waals surface area (Å²) in [6.07, 6.45) is 6.35. The molecule has 5 nitrogen and oxygen atoms in total. The van der Waals surface area contributed by atoms with Gasteiger partial charge in [-0.25, -0.2) is 0 Å². The van der Waals surface area contributed by atoms with Gasteiger partial charge in [0.1, 0.15) is 34.5 Å². The Balaban J connectivity index is 2.39. The Morgan fingerprint density at radius 2 is 1.55 bits per heavy atom. The topological polar surface area (TPSA) is 79.9 Å². The Kier molecular flexibility index (Phi) is 6.54. The molecule has 0 radical (unpaired) electrons. The average molecular weight is 421 g/mol. The Morgan fingerprint density at radius 3 is 2.10 bits per heavy atom. The van der Waals surface area contributed by atoms with Crippen molar-refractivity contribution in [3.05, 3.63) is 75.2 Å². The van der Waals surface area contributed by atoms with Crippen LogP contribution in [-0.4, -0.2) is 17.3 Å². The Labute approximate surface area is 181 Å². The highest BCUT2D eigenvalue weighted by atomic mass is 16.5. The van der Waals surface area contributed by atoms with Crippen LogP contribution in [0.1, 0.15) is 38.8 Å². The zero-order valence-electron chi connectivity index (χ0n) is 18.6. The van der Waals surface area contributed by atoms with Gasteiger partial charge in [-0.15, -0.1) is 0 Å². The van der Waals surface area contributed by atoms with Crippen molar-refractivity contribution in [2.45, 2.75) is 40.5 Å². The molecule has 0 amide bonds. The van der Waals surface area contributed by atoms with E-state index in [1.165, 1.54) is 18.4 Å². The van der Waals surface area contributed by atoms with E-state index in [1.54, 1.807) is 19.2 Å². The van der Waals surface area contributed by atoms with Gasteiger partial charge in [0, 0.05) is 11.1 Å². The van der Waals surface area contributed by atoms with E-state index in [0.29, 0.717) is 40.9 Å². The number of hydrogen-bond donors (Lipinski definition) is 2. The molecule has 0 atom stereocenters. The molecule has 5 heteroatoms. The minimum atomic E-state index is -0.330. The summed E-state index contributed by atoms with van der Waals surface area (Å²) in [5.41, 5.74) is 4.40. The number of benzene rings is 2. The van der Waals surface area contributed by atoms with Crippen molar-refractivity contribution in [2.75, 3.05) is 7.11 Å². The number of allylic oxidation sites excluding steroid dienone is 4. The molecule has 0 aliphatic carbocycles. The first kappa shape index (κ1) is 22.2. The fourth-order valence-electron chi connectivity index (χ4n) is 3.52. The minimum Gasteiger partial charge on any atom is -0.508 e. The van der Waals surface area contributed by atoms with Crippen molar-refractivity contribution in [3.63, 3.8) is 0 Å². The van der Waals surface area contributed by atoms with Gasteiger partial charge in [-0.3, -0.25) is 4.79 Å². The number of phenols is 2. The highest BCUT2D eigenvalue weighted by Gasteiger charge is 2.24. The van der Waals surface area contributed by atoms with Crippen LogP contribution in [0.25, 0.3) is 22.1 Å². The Hall–Kier alpha value is -3.47. The molecule has 0 unspecified atom stereocenters. The largest absolute Gasteiger partial charge is 0.508 e. The Bertz CT molecular complexity index is 1220. The Morgan fingerprint density at radius 1 is 0.968 bits per heavy atom.